The van der Waals surface area contributed by atoms with Gasteiger partial charge in [0.15, 0.2) is 0 Å². The molecular weight excluding hydrogens is 358 g/mol. The lowest BCUT2D eigenvalue weighted by Crippen LogP contribution is -2.13. The average Bonchev–Trinajstić information content (AvgIpc) is 3.39. The van der Waals surface area contributed by atoms with E-state index < -0.39 is 0 Å². The quantitative estimate of drug-likeness (QED) is 0.483. The van der Waals surface area contributed by atoms with Gasteiger partial charge in [-0.05, 0) is 30.3 Å². The third-order valence-electron chi connectivity index (χ3n) is 4.21. The lowest BCUT2D eigenvalue weighted by atomic mass is 10.1. The number of carbonyl (C=O) groups is 1. The Bertz CT molecular complexity index is 1090. The second kappa shape index (κ2) is 7.93. The van der Waals surface area contributed by atoms with E-state index >= 15 is 0 Å². The van der Waals surface area contributed by atoms with Gasteiger partial charge < -0.3 is 19.4 Å². The smallest absolute Gasteiger partial charge is 0.255 e. The molecule has 0 atom stereocenters. The third kappa shape index (κ3) is 3.86. The van der Waals surface area contributed by atoms with Crippen LogP contribution in [0.25, 0.3) is 16.6 Å². The first kappa shape index (κ1) is 17.7. The average molecular weight is 377 g/mol. The van der Waals surface area contributed by atoms with Crippen LogP contribution in [0.4, 0.5) is 5.69 Å². The summed E-state index contributed by atoms with van der Waals surface area (Å²) in [6.07, 6.45) is 6.87. The van der Waals surface area contributed by atoms with E-state index in [4.69, 9.17) is 9.47 Å². The van der Waals surface area contributed by atoms with Crippen LogP contribution in [-0.2, 0) is 4.74 Å². The van der Waals surface area contributed by atoms with Gasteiger partial charge in [-0.2, -0.15) is 5.10 Å². The maximum Gasteiger partial charge on any atom is 0.255 e. The SMILES string of the molecule is COCCOc1cc(C(=O)Nc2ccc3[nH]ncc3c2)cc(-n2ccnc2)c1. The predicted octanol–water partition coefficient (Wildman–Crippen LogP) is 3.03. The number of anilines is 1. The Balaban J connectivity index is 1.61. The number of amides is 1. The normalized spacial score (nSPS) is 10.9. The van der Waals surface area contributed by atoms with Crippen LogP contribution in [-0.4, -0.2) is 46.0 Å². The van der Waals surface area contributed by atoms with Crippen LogP contribution in [0.15, 0.2) is 61.3 Å². The molecule has 1 amide bonds. The van der Waals surface area contributed by atoms with Crippen LogP contribution in [0.3, 0.4) is 0 Å². The number of H-pyrrole nitrogens is 1. The highest BCUT2D eigenvalue weighted by Crippen LogP contribution is 2.22. The van der Waals surface area contributed by atoms with Crippen molar-refractivity contribution in [1.82, 2.24) is 19.7 Å². The molecule has 0 saturated heterocycles. The molecule has 0 aliphatic carbocycles. The highest BCUT2D eigenvalue weighted by molar-refractivity contribution is 6.05. The number of hydrogen-bond donors (Lipinski definition) is 2. The molecule has 2 N–H and O–H groups in total. The molecule has 0 aliphatic rings. The van der Waals surface area contributed by atoms with Gasteiger partial charge in [0.1, 0.15) is 12.4 Å². The van der Waals surface area contributed by atoms with Crippen LogP contribution in [0.1, 0.15) is 10.4 Å². The van der Waals surface area contributed by atoms with Gasteiger partial charge in [-0.3, -0.25) is 9.89 Å². The van der Waals surface area contributed by atoms with E-state index in [0.717, 1.165) is 16.6 Å². The summed E-state index contributed by atoms with van der Waals surface area (Å²) in [5.41, 5.74) is 2.86. The van der Waals surface area contributed by atoms with E-state index in [2.05, 4.69) is 20.5 Å². The summed E-state index contributed by atoms with van der Waals surface area (Å²) < 4.78 is 12.6. The van der Waals surface area contributed by atoms with Gasteiger partial charge in [-0.1, -0.05) is 0 Å². The van der Waals surface area contributed by atoms with Crippen molar-refractivity contribution in [3.8, 4) is 11.4 Å². The lowest BCUT2D eigenvalue weighted by molar-refractivity contribution is 0.102. The van der Waals surface area contributed by atoms with Gasteiger partial charge in [0, 0.05) is 42.2 Å². The second-order valence-electron chi connectivity index (χ2n) is 6.15. The number of methoxy groups -OCH3 is 1. The summed E-state index contributed by atoms with van der Waals surface area (Å²) in [7, 11) is 1.61. The van der Waals surface area contributed by atoms with Crippen molar-refractivity contribution >= 4 is 22.5 Å². The number of ether oxygens (including phenoxy) is 2. The molecule has 0 radical (unpaired) electrons. The van der Waals surface area contributed by atoms with Crippen LogP contribution < -0.4 is 10.1 Å². The maximum atomic E-state index is 12.9. The van der Waals surface area contributed by atoms with Gasteiger partial charge >= 0.3 is 0 Å². The molecule has 142 valence electrons. The molecule has 0 aliphatic heterocycles. The first-order valence-corrected chi connectivity index (χ1v) is 8.72. The first-order chi connectivity index (χ1) is 13.7. The molecule has 8 nitrogen and oxygen atoms in total. The van der Waals surface area contributed by atoms with E-state index in [9.17, 15) is 4.79 Å². The second-order valence-corrected chi connectivity index (χ2v) is 6.15. The van der Waals surface area contributed by atoms with Crippen molar-refractivity contribution in [1.29, 1.82) is 0 Å². The largest absolute Gasteiger partial charge is 0.491 e. The Morgan fingerprint density at radius 2 is 2.14 bits per heavy atom. The number of carbonyl (C=O) groups excluding carboxylic acids is 1. The maximum absolute atomic E-state index is 12.9. The third-order valence-corrected chi connectivity index (χ3v) is 4.21. The fourth-order valence-corrected chi connectivity index (χ4v) is 2.83. The number of aromatic amines is 1. The fraction of sp³-hybridized carbons (Fsp3) is 0.150. The molecule has 2 heterocycles. The Morgan fingerprint density at radius 3 is 2.96 bits per heavy atom. The van der Waals surface area contributed by atoms with E-state index in [-0.39, 0.29) is 5.91 Å². The van der Waals surface area contributed by atoms with Crippen molar-refractivity contribution in [2.24, 2.45) is 0 Å². The Labute approximate surface area is 161 Å². The summed E-state index contributed by atoms with van der Waals surface area (Å²) in [6.45, 7) is 0.851. The molecular formula is C20H19N5O3. The number of hydrogen-bond acceptors (Lipinski definition) is 5. The minimum Gasteiger partial charge on any atom is -0.491 e. The van der Waals surface area contributed by atoms with Crippen LogP contribution in [0, 0.1) is 0 Å². The minimum absolute atomic E-state index is 0.235. The molecule has 0 bridgehead atoms. The van der Waals surface area contributed by atoms with Gasteiger partial charge in [-0.15, -0.1) is 0 Å². The molecule has 4 rings (SSSR count). The molecule has 2 aromatic heterocycles. The van der Waals surface area contributed by atoms with Crippen molar-refractivity contribution in [3.05, 3.63) is 66.9 Å². The van der Waals surface area contributed by atoms with E-state index in [0.29, 0.717) is 30.2 Å². The number of benzene rings is 2. The van der Waals surface area contributed by atoms with Crippen molar-refractivity contribution in [2.45, 2.75) is 0 Å². The fourth-order valence-electron chi connectivity index (χ4n) is 2.83. The number of aromatic nitrogens is 4. The molecule has 28 heavy (non-hydrogen) atoms. The first-order valence-electron chi connectivity index (χ1n) is 8.72. The van der Waals surface area contributed by atoms with Crippen molar-refractivity contribution in [3.63, 3.8) is 0 Å². The molecule has 0 fully saturated rings. The summed E-state index contributed by atoms with van der Waals surface area (Å²) >= 11 is 0. The number of imidazole rings is 1. The van der Waals surface area contributed by atoms with E-state index in [1.165, 1.54) is 0 Å². The van der Waals surface area contributed by atoms with Gasteiger partial charge in [0.05, 0.1) is 30.3 Å². The number of nitrogens with one attached hydrogen (secondary N) is 2. The summed E-state index contributed by atoms with van der Waals surface area (Å²) in [4.78, 5) is 16.9. The zero-order valence-corrected chi connectivity index (χ0v) is 15.3. The highest BCUT2D eigenvalue weighted by atomic mass is 16.5. The van der Waals surface area contributed by atoms with Gasteiger partial charge in [0.25, 0.3) is 5.91 Å². The highest BCUT2D eigenvalue weighted by Gasteiger charge is 2.12. The minimum atomic E-state index is -0.235. The van der Waals surface area contributed by atoms with Gasteiger partial charge in [0.2, 0.25) is 0 Å². The zero-order chi connectivity index (χ0) is 19.3. The lowest BCUT2D eigenvalue weighted by Gasteiger charge is -2.12. The summed E-state index contributed by atoms with van der Waals surface area (Å²) in [5.74, 6) is 0.347. The number of rotatable bonds is 7. The summed E-state index contributed by atoms with van der Waals surface area (Å²) in [5, 5.41) is 10.7. The van der Waals surface area contributed by atoms with Crippen molar-refractivity contribution in [2.75, 3.05) is 25.6 Å². The molecule has 0 saturated carbocycles. The van der Waals surface area contributed by atoms with Crippen LogP contribution >= 0.6 is 0 Å². The number of fused-ring (bicyclic) bond motifs is 1. The molecule has 2 aromatic carbocycles. The standard InChI is InChI=1S/C20H19N5O3/c1-27-6-7-28-18-10-14(9-17(11-18)25-5-4-21-13-25)20(26)23-16-2-3-19-15(8-16)12-22-24-19/h2-5,8-13H,6-7H2,1H3,(H,22,24)(H,23,26). The van der Waals surface area contributed by atoms with Crippen molar-refractivity contribution < 1.29 is 14.3 Å². The molecule has 8 heteroatoms. The van der Waals surface area contributed by atoms with E-state index in [1.54, 1.807) is 38.0 Å². The Hall–Kier alpha value is -3.65. The zero-order valence-electron chi connectivity index (χ0n) is 15.3. The Kier molecular flexibility index (Phi) is 5.03. The van der Waals surface area contributed by atoms with Crippen LogP contribution in [0.5, 0.6) is 5.75 Å². The van der Waals surface area contributed by atoms with E-state index in [1.807, 2.05) is 35.0 Å². The number of nitrogens with zero attached hydrogens (tertiary/aromatic N) is 3. The Morgan fingerprint density at radius 1 is 1.21 bits per heavy atom. The topological polar surface area (TPSA) is 94.1 Å². The predicted molar refractivity (Wildman–Crippen MR) is 105 cm³/mol. The molecule has 0 spiro atoms. The van der Waals surface area contributed by atoms with Crippen LogP contribution in [0.2, 0.25) is 0 Å². The summed E-state index contributed by atoms with van der Waals surface area (Å²) in [6, 6.07) is 10.9. The monoisotopic (exact) mass is 377 g/mol. The molecule has 0 unspecified atom stereocenters. The molecule has 4 aromatic rings. The van der Waals surface area contributed by atoms with Gasteiger partial charge in [-0.25, -0.2) is 4.98 Å².